The summed E-state index contributed by atoms with van der Waals surface area (Å²) >= 11 is 26.7. The molecule has 0 spiro atoms. The van der Waals surface area contributed by atoms with E-state index in [0.717, 1.165) is 30.8 Å². The van der Waals surface area contributed by atoms with Gasteiger partial charge in [-0.15, -0.1) is 0 Å². The highest BCUT2D eigenvalue weighted by Gasteiger charge is 2.37. The molecular weight excluding hydrogens is 301 g/mol. The van der Waals surface area contributed by atoms with Crippen molar-refractivity contribution in [3.63, 3.8) is 0 Å². The highest BCUT2D eigenvalue weighted by molar-refractivity contribution is 7.89. The van der Waals surface area contributed by atoms with E-state index in [9.17, 15) is 0 Å². The average Bonchev–Trinajstić information content (AvgIpc) is 2.24. The Balaban J connectivity index is 4.38. The molecular formula is C9H20S6. The molecule has 0 nitrogen and oxygen atoms in total. The van der Waals surface area contributed by atoms with Gasteiger partial charge >= 0.3 is 0 Å². The zero-order valence-corrected chi connectivity index (χ0v) is 13.9. The molecule has 0 radical (unpaired) electrons. The largest absolute Gasteiger partial charge is 0.179 e. The van der Waals surface area contributed by atoms with Crippen LogP contribution in [0.4, 0.5) is 0 Å². The molecule has 0 aromatic heterocycles. The smallest absolute Gasteiger partial charge is 0.0449 e. The first-order chi connectivity index (χ1) is 7.02. The van der Waals surface area contributed by atoms with Crippen LogP contribution in [-0.4, -0.2) is 32.5 Å². The predicted octanol–water partition coefficient (Wildman–Crippen LogP) is 3.21. The Labute approximate surface area is 127 Å². The molecule has 6 heteroatoms. The Hall–Kier alpha value is 2.10. The van der Waals surface area contributed by atoms with E-state index in [0.29, 0.717) is 5.75 Å². The van der Waals surface area contributed by atoms with Gasteiger partial charge in [-0.2, -0.15) is 75.8 Å². The van der Waals surface area contributed by atoms with Crippen molar-refractivity contribution in [3.05, 3.63) is 0 Å². The van der Waals surface area contributed by atoms with Gasteiger partial charge in [0.2, 0.25) is 0 Å². The molecule has 0 aliphatic carbocycles. The van der Waals surface area contributed by atoms with Gasteiger partial charge in [-0.3, -0.25) is 0 Å². The molecule has 3 atom stereocenters. The highest BCUT2D eigenvalue weighted by atomic mass is 32.1. The fourth-order valence-corrected chi connectivity index (χ4v) is 3.94. The third kappa shape index (κ3) is 5.51. The van der Waals surface area contributed by atoms with Crippen LogP contribution in [0.2, 0.25) is 0 Å². The molecule has 0 amide bonds. The zero-order chi connectivity index (χ0) is 11.9. The van der Waals surface area contributed by atoms with Crippen LogP contribution < -0.4 is 0 Å². The predicted molar refractivity (Wildman–Crippen MR) is 92.7 cm³/mol. The van der Waals surface area contributed by atoms with Crippen LogP contribution in [0.15, 0.2) is 0 Å². The normalized spacial score (nSPS) is 19.6. The summed E-state index contributed by atoms with van der Waals surface area (Å²) in [5.41, 5.74) is 0. The van der Waals surface area contributed by atoms with Gasteiger partial charge in [-0.05, 0) is 30.8 Å². The molecule has 0 aliphatic rings. The van der Waals surface area contributed by atoms with E-state index in [1.807, 2.05) is 0 Å². The van der Waals surface area contributed by atoms with Crippen molar-refractivity contribution in [2.24, 2.45) is 0 Å². The number of thiol groups is 6. The summed E-state index contributed by atoms with van der Waals surface area (Å²) in [6.07, 6.45) is 2.98. The van der Waals surface area contributed by atoms with E-state index < -0.39 is 0 Å². The third-order valence-electron chi connectivity index (χ3n) is 2.45. The van der Waals surface area contributed by atoms with E-state index in [2.05, 4.69) is 63.1 Å². The lowest BCUT2D eigenvalue weighted by atomic mass is 9.96. The second kappa shape index (κ2) is 9.09. The molecule has 15 heavy (non-hydrogen) atoms. The van der Waals surface area contributed by atoms with Crippen molar-refractivity contribution in [2.45, 2.75) is 34.5 Å². The molecule has 0 saturated carbocycles. The Bertz CT molecular complexity index is 165. The Morgan fingerprint density at radius 2 is 1.40 bits per heavy atom. The van der Waals surface area contributed by atoms with Crippen LogP contribution in [0.1, 0.15) is 19.3 Å². The van der Waals surface area contributed by atoms with Crippen molar-refractivity contribution < 1.29 is 0 Å². The van der Waals surface area contributed by atoms with Gasteiger partial charge in [-0.1, -0.05) is 0 Å². The van der Waals surface area contributed by atoms with Gasteiger partial charge in [0.1, 0.15) is 0 Å². The molecule has 0 rings (SSSR count). The molecule has 0 bridgehead atoms. The van der Waals surface area contributed by atoms with Crippen molar-refractivity contribution in [3.8, 4) is 0 Å². The van der Waals surface area contributed by atoms with Gasteiger partial charge in [0.05, 0.1) is 0 Å². The van der Waals surface area contributed by atoms with Gasteiger partial charge < -0.3 is 0 Å². The quantitative estimate of drug-likeness (QED) is 0.364. The van der Waals surface area contributed by atoms with E-state index in [4.69, 9.17) is 12.6 Å². The minimum atomic E-state index is -0.235. The average molecular weight is 321 g/mol. The number of hydrogen-bond donors (Lipinski definition) is 6. The van der Waals surface area contributed by atoms with Crippen molar-refractivity contribution in [1.29, 1.82) is 0 Å². The lowest BCUT2D eigenvalue weighted by Crippen LogP contribution is -2.44. The summed E-state index contributed by atoms with van der Waals surface area (Å²) in [6, 6.07) is 0. The maximum absolute atomic E-state index is 4.73. The van der Waals surface area contributed by atoms with E-state index in [-0.39, 0.29) is 15.2 Å². The summed E-state index contributed by atoms with van der Waals surface area (Å²) in [5, 5.41) is 0.381. The molecule has 0 saturated heterocycles. The van der Waals surface area contributed by atoms with Gasteiger partial charge in [0.25, 0.3) is 0 Å². The maximum Gasteiger partial charge on any atom is 0.0449 e. The van der Waals surface area contributed by atoms with Gasteiger partial charge in [0, 0.05) is 21.0 Å². The topological polar surface area (TPSA) is 0 Å². The van der Waals surface area contributed by atoms with Crippen LogP contribution >= 0.6 is 75.8 Å². The molecule has 0 fully saturated rings. The van der Waals surface area contributed by atoms with E-state index in [1.54, 1.807) is 0 Å². The van der Waals surface area contributed by atoms with Crippen LogP contribution in [0.5, 0.6) is 0 Å². The monoisotopic (exact) mass is 320 g/mol. The minimum Gasteiger partial charge on any atom is -0.179 e. The van der Waals surface area contributed by atoms with E-state index >= 15 is 0 Å². The van der Waals surface area contributed by atoms with Crippen LogP contribution in [0.3, 0.4) is 0 Å². The summed E-state index contributed by atoms with van der Waals surface area (Å²) in [7, 11) is 0. The molecule has 0 N–H and O–H groups in total. The fraction of sp³-hybridized carbons (Fsp3) is 1.00. The number of rotatable bonds is 8. The lowest BCUT2D eigenvalue weighted by Gasteiger charge is -2.37. The Morgan fingerprint density at radius 1 is 0.867 bits per heavy atom. The second-order valence-corrected chi connectivity index (χ2v) is 6.85. The summed E-state index contributed by atoms with van der Waals surface area (Å²) in [5.74, 6) is 2.38. The second-order valence-electron chi connectivity index (χ2n) is 3.56. The first-order valence-corrected chi connectivity index (χ1v) is 8.31. The summed E-state index contributed by atoms with van der Waals surface area (Å²) in [6.45, 7) is 0. The van der Waals surface area contributed by atoms with Crippen LogP contribution in [0.25, 0.3) is 0 Å². The molecule has 0 heterocycles. The lowest BCUT2D eigenvalue weighted by molar-refractivity contribution is 0.557. The molecule has 0 aromatic rings. The van der Waals surface area contributed by atoms with Gasteiger partial charge in [0.15, 0.2) is 0 Å². The molecule has 0 aromatic carbocycles. The Kier molecular flexibility index (Phi) is 10.4. The molecule has 0 aliphatic heterocycles. The maximum atomic E-state index is 4.73. The minimum absolute atomic E-state index is 0.179. The highest BCUT2D eigenvalue weighted by Crippen LogP contribution is 2.36. The first kappa shape index (κ1) is 17.1. The number of hydrogen-bond acceptors (Lipinski definition) is 6. The van der Waals surface area contributed by atoms with Crippen LogP contribution in [0, 0.1) is 0 Å². The first-order valence-electron chi connectivity index (χ1n) is 4.94. The SMILES string of the molecule is SCCCC(S)C(S)(CS)C(S)CCS. The standard InChI is InChI=1S/C9H20S6/c10-4-1-2-7(13)9(15,6-12)8(14)3-5-11/h7-8,10-15H,1-6H2. The molecule has 92 valence electrons. The fourth-order valence-electron chi connectivity index (χ4n) is 1.34. The molecule has 3 unspecified atom stereocenters. The van der Waals surface area contributed by atoms with Crippen LogP contribution in [-0.2, 0) is 0 Å². The summed E-state index contributed by atoms with van der Waals surface area (Å²) < 4.78 is -0.235. The van der Waals surface area contributed by atoms with Crippen molar-refractivity contribution in [2.75, 3.05) is 17.3 Å². The Morgan fingerprint density at radius 3 is 1.80 bits per heavy atom. The van der Waals surface area contributed by atoms with E-state index in [1.165, 1.54) is 0 Å². The third-order valence-corrected chi connectivity index (χ3v) is 6.42. The summed E-state index contributed by atoms with van der Waals surface area (Å²) in [4.78, 5) is 0. The zero-order valence-electron chi connectivity index (χ0n) is 8.58. The van der Waals surface area contributed by atoms with Crippen molar-refractivity contribution in [1.82, 2.24) is 0 Å². The van der Waals surface area contributed by atoms with Crippen molar-refractivity contribution >= 4 is 75.8 Å². The van der Waals surface area contributed by atoms with Gasteiger partial charge in [-0.25, -0.2) is 0 Å².